The lowest BCUT2D eigenvalue weighted by molar-refractivity contribution is 0.0952. The van der Waals surface area contributed by atoms with E-state index in [1.54, 1.807) is 6.20 Å². The first-order valence-corrected chi connectivity index (χ1v) is 17.3. The minimum Gasteiger partial charge on any atom is -0.354 e. The van der Waals surface area contributed by atoms with Crippen LogP contribution in [-0.4, -0.2) is 76.3 Å². The van der Waals surface area contributed by atoms with Gasteiger partial charge in [-0.15, -0.1) is 0 Å². The fraction of sp³-hybridized carbons (Fsp3) is 0.800. The molecule has 1 fully saturated rings. The number of rotatable bonds is 22. The molecule has 224 valence electrons. The number of hydrogen-bond acceptors (Lipinski definition) is 7. The third-order valence-corrected chi connectivity index (χ3v) is 8.15. The minimum atomic E-state index is -3.28. The summed E-state index contributed by atoms with van der Waals surface area (Å²) in [5.41, 5.74) is 0.642. The third-order valence-electron chi connectivity index (χ3n) is 7.56. The maximum atomic E-state index is 12.4. The number of anilines is 1. The Hall–Kier alpha value is -1.71. The Kier molecular flexibility index (Phi) is 17.4. The van der Waals surface area contributed by atoms with E-state index < -0.39 is 10.1 Å². The van der Waals surface area contributed by atoms with E-state index in [9.17, 15) is 13.2 Å². The number of aromatic nitrogens is 1. The lowest BCUT2D eigenvalue weighted by Crippen LogP contribution is -2.46. The van der Waals surface area contributed by atoms with Crippen molar-refractivity contribution in [1.82, 2.24) is 15.2 Å². The van der Waals surface area contributed by atoms with Gasteiger partial charge in [-0.2, -0.15) is 8.42 Å². The highest BCUT2D eigenvalue weighted by atomic mass is 32.2. The molecule has 0 unspecified atom stereocenters. The molecule has 0 aromatic carbocycles. The molecule has 0 radical (unpaired) electrons. The van der Waals surface area contributed by atoms with Crippen LogP contribution in [0.1, 0.15) is 114 Å². The van der Waals surface area contributed by atoms with E-state index in [0.29, 0.717) is 12.2 Å². The monoisotopic (exact) mass is 566 g/mol. The van der Waals surface area contributed by atoms with Crippen LogP contribution in [0.15, 0.2) is 18.3 Å². The van der Waals surface area contributed by atoms with Crippen LogP contribution in [-0.2, 0) is 14.3 Å². The first-order valence-electron chi connectivity index (χ1n) is 15.4. The second-order valence-electron chi connectivity index (χ2n) is 10.9. The Morgan fingerprint density at radius 3 is 1.79 bits per heavy atom. The number of nitrogens with one attached hydrogen (secondary N) is 1. The van der Waals surface area contributed by atoms with Gasteiger partial charge in [0.15, 0.2) is 0 Å². The molecule has 1 saturated heterocycles. The largest absolute Gasteiger partial charge is 0.354 e. The molecule has 1 aromatic rings. The molecule has 1 aromatic heterocycles. The van der Waals surface area contributed by atoms with E-state index in [0.717, 1.165) is 70.6 Å². The smallest absolute Gasteiger partial charge is 0.264 e. The zero-order chi connectivity index (χ0) is 28.2. The van der Waals surface area contributed by atoms with Gasteiger partial charge in [0.1, 0.15) is 5.82 Å². The van der Waals surface area contributed by atoms with Gasteiger partial charge < -0.3 is 15.1 Å². The zero-order valence-corrected chi connectivity index (χ0v) is 25.5. The Bertz CT molecular complexity index is 871. The van der Waals surface area contributed by atoms with E-state index in [1.165, 1.54) is 77.0 Å². The predicted molar refractivity (Wildman–Crippen MR) is 161 cm³/mol. The first-order chi connectivity index (χ1) is 18.9. The molecule has 2 heterocycles. The number of piperazine rings is 1. The predicted octanol–water partition coefficient (Wildman–Crippen LogP) is 5.78. The standard InChI is InChI=1S/C30H54N4O4S/c1-3-33-22-24-34(25-23-33)29-20-19-28(27-32-29)30(35)31-21-17-15-13-11-9-7-5-4-6-8-10-12-14-16-18-26-38-39(2,36)37/h19-20,27H,3-18,21-26H2,1-2H3,(H,31,35). The molecule has 8 nitrogen and oxygen atoms in total. The number of likely N-dealkylation sites (N-methyl/N-ethyl adjacent to an activating group) is 1. The van der Waals surface area contributed by atoms with Crippen LogP contribution in [0.25, 0.3) is 0 Å². The fourth-order valence-corrected chi connectivity index (χ4v) is 5.46. The summed E-state index contributed by atoms with van der Waals surface area (Å²) in [5, 5.41) is 3.04. The molecule has 39 heavy (non-hydrogen) atoms. The minimum absolute atomic E-state index is 0.0240. The second-order valence-corrected chi connectivity index (χ2v) is 12.6. The van der Waals surface area contributed by atoms with Gasteiger partial charge in [0, 0.05) is 38.9 Å². The first kappa shape index (κ1) is 33.5. The second kappa shape index (κ2) is 20.2. The Morgan fingerprint density at radius 1 is 0.821 bits per heavy atom. The van der Waals surface area contributed by atoms with E-state index in [-0.39, 0.29) is 5.91 Å². The average Bonchev–Trinajstić information content (AvgIpc) is 2.93. The number of pyridine rings is 1. The van der Waals surface area contributed by atoms with Gasteiger partial charge in [-0.3, -0.25) is 8.98 Å². The Balaban J connectivity index is 1.34. The van der Waals surface area contributed by atoms with Crippen LogP contribution in [0.2, 0.25) is 0 Å². The van der Waals surface area contributed by atoms with Crippen molar-refractivity contribution in [3.8, 4) is 0 Å². The lowest BCUT2D eigenvalue weighted by atomic mass is 10.0. The van der Waals surface area contributed by atoms with Crippen LogP contribution in [0.3, 0.4) is 0 Å². The number of carbonyl (C=O) groups excluding carboxylic acids is 1. The third kappa shape index (κ3) is 16.2. The van der Waals surface area contributed by atoms with Gasteiger partial charge in [-0.25, -0.2) is 4.98 Å². The summed E-state index contributed by atoms with van der Waals surface area (Å²) < 4.78 is 26.5. The fourth-order valence-electron chi connectivity index (χ4n) is 5.04. The summed E-state index contributed by atoms with van der Waals surface area (Å²) in [6, 6.07) is 3.87. The average molecular weight is 567 g/mol. The summed E-state index contributed by atoms with van der Waals surface area (Å²) in [6.07, 6.45) is 21.0. The normalized spacial score (nSPS) is 14.6. The number of amides is 1. The number of nitrogens with zero attached hydrogens (tertiary/aromatic N) is 3. The van der Waals surface area contributed by atoms with Crippen molar-refractivity contribution >= 4 is 21.8 Å². The van der Waals surface area contributed by atoms with Crippen LogP contribution in [0.4, 0.5) is 5.82 Å². The molecule has 0 bridgehead atoms. The molecule has 0 aliphatic carbocycles. The van der Waals surface area contributed by atoms with Crippen molar-refractivity contribution in [3.05, 3.63) is 23.9 Å². The summed E-state index contributed by atoms with van der Waals surface area (Å²) >= 11 is 0. The summed E-state index contributed by atoms with van der Waals surface area (Å²) in [7, 11) is -3.28. The number of hydrogen-bond donors (Lipinski definition) is 1. The molecule has 1 N–H and O–H groups in total. The van der Waals surface area contributed by atoms with E-state index in [1.807, 2.05) is 12.1 Å². The van der Waals surface area contributed by atoms with Crippen LogP contribution in [0.5, 0.6) is 0 Å². The van der Waals surface area contributed by atoms with E-state index in [4.69, 9.17) is 4.18 Å². The molecule has 1 aliphatic rings. The van der Waals surface area contributed by atoms with Gasteiger partial charge in [0.05, 0.1) is 18.4 Å². The Labute approximate surface area is 238 Å². The van der Waals surface area contributed by atoms with Crippen molar-refractivity contribution in [2.24, 2.45) is 0 Å². The highest BCUT2D eigenvalue weighted by Gasteiger charge is 2.17. The Morgan fingerprint density at radius 2 is 1.33 bits per heavy atom. The molecule has 2 rings (SSSR count). The van der Waals surface area contributed by atoms with Gasteiger partial charge in [-0.1, -0.05) is 90.4 Å². The molecule has 0 atom stereocenters. The SMILES string of the molecule is CCN1CCN(c2ccc(C(=O)NCCCCCCCCCCCCCCCCCOS(C)(=O)=O)cn2)CC1. The topological polar surface area (TPSA) is 91.8 Å². The van der Waals surface area contributed by atoms with Crippen molar-refractivity contribution in [2.45, 2.75) is 103 Å². The van der Waals surface area contributed by atoms with Crippen molar-refractivity contribution in [1.29, 1.82) is 0 Å². The molecule has 1 amide bonds. The van der Waals surface area contributed by atoms with Crippen molar-refractivity contribution < 1.29 is 17.4 Å². The van der Waals surface area contributed by atoms with Crippen LogP contribution < -0.4 is 10.2 Å². The molecular formula is C30H54N4O4S. The summed E-state index contributed by atoms with van der Waals surface area (Å²) in [4.78, 5) is 21.7. The number of unbranched alkanes of at least 4 members (excludes halogenated alkanes) is 14. The van der Waals surface area contributed by atoms with Crippen molar-refractivity contribution in [3.63, 3.8) is 0 Å². The van der Waals surface area contributed by atoms with Gasteiger partial charge in [0.25, 0.3) is 16.0 Å². The van der Waals surface area contributed by atoms with Crippen LogP contribution in [0, 0.1) is 0 Å². The van der Waals surface area contributed by atoms with Gasteiger partial charge in [-0.05, 0) is 31.5 Å². The number of carbonyl (C=O) groups is 1. The highest BCUT2D eigenvalue weighted by Crippen LogP contribution is 2.15. The molecule has 1 aliphatic heterocycles. The summed E-state index contributed by atoms with van der Waals surface area (Å²) in [6.45, 7) is 8.46. The summed E-state index contributed by atoms with van der Waals surface area (Å²) in [5.74, 6) is 0.940. The molecule has 9 heteroatoms. The zero-order valence-electron chi connectivity index (χ0n) is 24.7. The quantitative estimate of drug-likeness (QED) is 0.140. The van der Waals surface area contributed by atoms with Gasteiger partial charge in [0.2, 0.25) is 0 Å². The maximum Gasteiger partial charge on any atom is 0.264 e. The van der Waals surface area contributed by atoms with Crippen LogP contribution >= 0.6 is 0 Å². The molecular weight excluding hydrogens is 512 g/mol. The molecule has 0 saturated carbocycles. The highest BCUT2D eigenvalue weighted by molar-refractivity contribution is 7.85. The van der Waals surface area contributed by atoms with Gasteiger partial charge >= 0.3 is 0 Å². The lowest BCUT2D eigenvalue weighted by Gasteiger charge is -2.34. The van der Waals surface area contributed by atoms with Crippen molar-refractivity contribution in [2.75, 3.05) is 57.0 Å². The maximum absolute atomic E-state index is 12.4. The molecule has 0 spiro atoms. The van der Waals surface area contributed by atoms with E-state index in [2.05, 4.69) is 27.0 Å². The van der Waals surface area contributed by atoms with E-state index >= 15 is 0 Å².